The molecule has 3 fully saturated rings. The molecule has 2 amide bonds. The Morgan fingerprint density at radius 3 is 2.15 bits per heavy atom. The van der Waals surface area contributed by atoms with E-state index in [-0.39, 0.29) is 23.8 Å². The van der Waals surface area contributed by atoms with E-state index in [9.17, 15) is 9.59 Å². The van der Waals surface area contributed by atoms with Crippen molar-refractivity contribution < 1.29 is 9.59 Å². The van der Waals surface area contributed by atoms with Gasteiger partial charge in [0.2, 0.25) is 5.91 Å². The highest BCUT2D eigenvalue weighted by Gasteiger charge is 2.62. The van der Waals surface area contributed by atoms with E-state index in [2.05, 4.69) is 41.2 Å². The Morgan fingerprint density at radius 2 is 1.48 bits per heavy atom. The van der Waals surface area contributed by atoms with Crippen LogP contribution in [0.5, 0.6) is 0 Å². The lowest BCUT2D eigenvalue weighted by Crippen LogP contribution is -2.44. The lowest BCUT2D eigenvalue weighted by Gasteiger charge is -2.29. The van der Waals surface area contributed by atoms with Crippen LogP contribution in [0.1, 0.15) is 23.6 Å². The van der Waals surface area contributed by atoms with Gasteiger partial charge in [-0.15, -0.1) is 0 Å². The molecule has 2 aromatic rings. The molecule has 3 heterocycles. The van der Waals surface area contributed by atoms with Crippen molar-refractivity contribution in [2.75, 3.05) is 18.0 Å². The largest absolute Gasteiger partial charge is 0.274 e. The molecule has 0 aliphatic carbocycles. The maximum Gasteiger partial charge on any atom is 0.253 e. The van der Waals surface area contributed by atoms with Crippen LogP contribution in [-0.2, 0) is 9.59 Å². The van der Waals surface area contributed by atoms with Gasteiger partial charge in [0.15, 0.2) is 0 Å². The van der Waals surface area contributed by atoms with Crippen molar-refractivity contribution in [1.29, 1.82) is 0 Å². The summed E-state index contributed by atoms with van der Waals surface area (Å²) in [6.45, 7) is 3.75. The molecule has 3 atom stereocenters. The second-order valence-corrected chi connectivity index (χ2v) is 7.93. The average Bonchev–Trinajstić information content (AvgIpc) is 3.30. The maximum absolute atomic E-state index is 13.4. The van der Waals surface area contributed by atoms with Gasteiger partial charge in [0, 0.05) is 18.1 Å². The Morgan fingerprint density at radius 1 is 0.852 bits per heavy atom. The highest BCUT2D eigenvalue weighted by atomic mass is 35.5. The van der Waals surface area contributed by atoms with Crippen LogP contribution in [0.3, 0.4) is 0 Å². The minimum atomic E-state index is -0.415. The van der Waals surface area contributed by atoms with Gasteiger partial charge in [0.25, 0.3) is 5.91 Å². The number of fused-ring (bicyclic) bond motifs is 3. The zero-order valence-corrected chi connectivity index (χ0v) is 15.8. The number of hydrogen-bond donors (Lipinski definition) is 0. The van der Waals surface area contributed by atoms with E-state index >= 15 is 0 Å². The third kappa shape index (κ3) is 2.46. The zero-order chi connectivity index (χ0) is 18.7. The molecule has 6 heteroatoms. The minimum absolute atomic E-state index is 0.0909. The van der Waals surface area contributed by atoms with Crippen LogP contribution in [-0.4, -0.2) is 41.0 Å². The minimum Gasteiger partial charge on any atom is -0.274 e. The number of carbonyl (C=O) groups is 2. The Bertz CT molecular complexity index is 912. The monoisotopic (exact) mass is 381 g/mol. The van der Waals surface area contributed by atoms with Crippen molar-refractivity contribution >= 4 is 29.1 Å². The molecule has 5 nitrogen and oxygen atoms in total. The van der Waals surface area contributed by atoms with Gasteiger partial charge in [-0.05, 0) is 43.2 Å². The predicted molar refractivity (Wildman–Crippen MR) is 103 cm³/mol. The summed E-state index contributed by atoms with van der Waals surface area (Å²) in [5, 5.41) is 4.93. The van der Waals surface area contributed by atoms with E-state index in [1.54, 1.807) is 24.3 Å². The Balaban J connectivity index is 1.57. The number of amides is 2. The van der Waals surface area contributed by atoms with Crippen molar-refractivity contribution in [1.82, 2.24) is 10.0 Å². The molecule has 27 heavy (non-hydrogen) atoms. The second-order valence-electron chi connectivity index (χ2n) is 7.49. The molecule has 2 aromatic carbocycles. The molecular weight excluding hydrogens is 362 g/mol. The quantitative estimate of drug-likeness (QED) is 0.749. The molecule has 0 bridgehead atoms. The first-order valence-electron chi connectivity index (χ1n) is 9.29. The summed E-state index contributed by atoms with van der Waals surface area (Å²) < 4.78 is 0. The number of benzene rings is 2. The van der Waals surface area contributed by atoms with Gasteiger partial charge in [-0.3, -0.25) is 9.59 Å². The van der Waals surface area contributed by atoms with Crippen LogP contribution >= 0.6 is 11.6 Å². The highest BCUT2D eigenvalue weighted by Crippen LogP contribution is 2.48. The molecule has 0 aromatic heterocycles. The van der Waals surface area contributed by atoms with E-state index in [0.29, 0.717) is 10.7 Å². The van der Waals surface area contributed by atoms with Gasteiger partial charge in [0.1, 0.15) is 6.04 Å². The van der Waals surface area contributed by atoms with Crippen molar-refractivity contribution in [2.24, 2.45) is 5.92 Å². The fourth-order valence-electron chi connectivity index (χ4n) is 4.72. The van der Waals surface area contributed by atoms with Crippen molar-refractivity contribution in [2.45, 2.75) is 25.4 Å². The van der Waals surface area contributed by atoms with E-state index in [0.717, 1.165) is 25.1 Å². The lowest BCUT2D eigenvalue weighted by molar-refractivity contribution is -0.126. The number of hydrazine groups is 1. The van der Waals surface area contributed by atoms with Crippen molar-refractivity contribution in [3.63, 3.8) is 0 Å². The molecule has 0 N–H and O–H groups in total. The molecule has 5 rings (SSSR count). The van der Waals surface area contributed by atoms with E-state index in [4.69, 9.17) is 11.6 Å². The van der Waals surface area contributed by atoms with E-state index in [1.165, 1.54) is 10.5 Å². The number of nitrogens with zero attached hydrogens (tertiary/aromatic N) is 3. The normalized spacial score (nSPS) is 28.1. The summed E-state index contributed by atoms with van der Waals surface area (Å²) in [6.07, 6.45) is 1.01. The summed E-state index contributed by atoms with van der Waals surface area (Å²) >= 11 is 5.97. The second kappa shape index (κ2) is 6.16. The highest BCUT2D eigenvalue weighted by molar-refractivity contribution is 6.31. The van der Waals surface area contributed by atoms with Crippen molar-refractivity contribution in [3.8, 4) is 0 Å². The van der Waals surface area contributed by atoms with Crippen LogP contribution < -0.4 is 4.90 Å². The van der Waals surface area contributed by atoms with Crippen LogP contribution in [0, 0.1) is 12.8 Å². The number of halogens is 1. The third-order valence-corrected chi connectivity index (χ3v) is 6.16. The van der Waals surface area contributed by atoms with Crippen molar-refractivity contribution in [3.05, 3.63) is 64.7 Å². The molecule has 0 unspecified atom stereocenters. The average molecular weight is 382 g/mol. The number of carbonyl (C=O) groups excluding carboxylic acids is 2. The molecule has 3 aliphatic heterocycles. The summed E-state index contributed by atoms with van der Waals surface area (Å²) in [7, 11) is 0. The first kappa shape index (κ1) is 16.9. The fourth-order valence-corrected chi connectivity index (χ4v) is 4.85. The summed E-state index contributed by atoms with van der Waals surface area (Å²) in [5.41, 5.74) is 2.87. The Hall–Kier alpha value is -2.21. The summed E-state index contributed by atoms with van der Waals surface area (Å²) in [5.74, 6) is -0.627. The van der Waals surface area contributed by atoms with E-state index in [1.807, 2.05) is 0 Å². The summed E-state index contributed by atoms with van der Waals surface area (Å²) in [6, 6.07) is 14.7. The van der Waals surface area contributed by atoms with Crippen LogP contribution in [0.2, 0.25) is 5.02 Å². The van der Waals surface area contributed by atoms with Gasteiger partial charge >= 0.3 is 0 Å². The molecule has 0 radical (unpaired) electrons. The van der Waals surface area contributed by atoms with Gasteiger partial charge in [0.05, 0.1) is 17.6 Å². The maximum atomic E-state index is 13.4. The van der Waals surface area contributed by atoms with Gasteiger partial charge < -0.3 is 0 Å². The zero-order valence-electron chi connectivity index (χ0n) is 15.0. The predicted octanol–water partition coefficient (Wildman–Crippen LogP) is 3.18. The number of anilines is 1. The van der Waals surface area contributed by atoms with Crippen LogP contribution in [0.15, 0.2) is 48.5 Å². The van der Waals surface area contributed by atoms with Crippen LogP contribution in [0.25, 0.3) is 0 Å². The first-order chi connectivity index (χ1) is 13.1. The third-order valence-electron chi connectivity index (χ3n) is 5.91. The first-order valence-corrected chi connectivity index (χ1v) is 9.67. The number of rotatable bonds is 2. The number of aryl methyl sites for hydroxylation is 1. The topological polar surface area (TPSA) is 43.9 Å². The van der Waals surface area contributed by atoms with Crippen LogP contribution in [0.4, 0.5) is 5.69 Å². The fraction of sp³-hybridized carbons (Fsp3) is 0.333. The lowest BCUT2D eigenvalue weighted by atomic mass is 9.89. The van der Waals surface area contributed by atoms with E-state index < -0.39 is 6.04 Å². The van der Waals surface area contributed by atoms with Gasteiger partial charge in [-0.25, -0.2) is 14.9 Å². The molecular formula is C21H20ClN3O2. The van der Waals surface area contributed by atoms with Gasteiger partial charge in [-0.1, -0.05) is 41.4 Å². The SMILES string of the molecule is Cc1ccc([C@H]2[C@H]3C(=O)N(c4ccc(Cl)cc4)C(=O)[C@@H]3N3CCCN23)cc1. The smallest absolute Gasteiger partial charge is 0.253 e. The summed E-state index contributed by atoms with van der Waals surface area (Å²) in [4.78, 5) is 28.0. The molecule has 3 aliphatic rings. The van der Waals surface area contributed by atoms with Gasteiger partial charge in [-0.2, -0.15) is 0 Å². The molecule has 3 saturated heterocycles. The Labute approximate surface area is 163 Å². The Kier molecular flexibility index (Phi) is 3.86. The number of hydrogen-bond acceptors (Lipinski definition) is 4. The molecule has 0 spiro atoms. The number of imide groups is 1. The standard InChI is InChI=1S/C21H20ClN3O2/c1-13-3-5-14(6-4-13)18-17-19(24-12-2-11-23(18)24)21(27)25(20(17)26)16-9-7-15(22)8-10-16/h3-10,17-19H,2,11-12H2,1H3/t17-,18+,19-/m1/s1. The molecule has 138 valence electrons. The molecule has 0 saturated carbocycles.